The first-order valence-electron chi connectivity index (χ1n) is 9.19. The molecular formula is C16H32N4O4S. The van der Waals surface area contributed by atoms with Gasteiger partial charge < -0.3 is 19.9 Å². The van der Waals surface area contributed by atoms with Crippen LogP contribution in [0.1, 0.15) is 20.3 Å². The molecule has 0 aliphatic carbocycles. The van der Waals surface area contributed by atoms with Gasteiger partial charge in [-0.05, 0) is 13.8 Å². The Balaban J connectivity index is 1.67. The summed E-state index contributed by atoms with van der Waals surface area (Å²) in [6, 6.07) is 0. The van der Waals surface area contributed by atoms with Crippen LogP contribution in [0.15, 0.2) is 0 Å². The first-order valence-corrected chi connectivity index (χ1v) is 10.8. The molecule has 0 aromatic carbocycles. The lowest BCUT2D eigenvalue weighted by Gasteiger charge is -2.34. The van der Waals surface area contributed by atoms with Crippen LogP contribution >= 0.6 is 0 Å². The zero-order valence-corrected chi connectivity index (χ0v) is 16.3. The summed E-state index contributed by atoms with van der Waals surface area (Å²) in [4.78, 5) is 16.3. The summed E-state index contributed by atoms with van der Waals surface area (Å²) < 4.78 is 31.5. The topological polar surface area (TPSA) is 82.2 Å². The van der Waals surface area contributed by atoms with Crippen LogP contribution in [0.25, 0.3) is 0 Å². The summed E-state index contributed by atoms with van der Waals surface area (Å²) in [5.41, 5.74) is 0. The number of piperazine rings is 2. The third-order valence-corrected chi connectivity index (χ3v) is 6.46. The van der Waals surface area contributed by atoms with E-state index in [1.165, 1.54) is 0 Å². The van der Waals surface area contributed by atoms with Crippen LogP contribution < -0.4 is 5.32 Å². The molecular weight excluding hydrogens is 344 g/mol. The van der Waals surface area contributed by atoms with Crippen LogP contribution in [0.4, 0.5) is 0 Å². The summed E-state index contributed by atoms with van der Waals surface area (Å²) in [5, 5.41) is 3.24. The van der Waals surface area contributed by atoms with E-state index in [4.69, 9.17) is 4.74 Å². The molecule has 0 aromatic rings. The molecule has 2 aliphatic heterocycles. The largest absolute Gasteiger partial charge is 0.378 e. The molecule has 2 rings (SSSR count). The van der Waals surface area contributed by atoms with Crippen molar-refractivity contribution < 1.29 is 17.9 Å². The molecule has 1 N–H and O–H groups in total. The van der Waals surface area contributed by atoms with Gasteiger partial charge in [0.25, 0.3) is 0 Å². The molecule has 2 aliphatic rings. The van der Waals surface area contributed by atoms with Gasteiger partial charge in [-0.2, -0.15) is 4.31 Å². The molecule has 0 bridgehead atoms. The summed E-state index contributed by atoms with van der Waals surface area (Å²) in [5.74, 6) is 0.231. The molecule has 0 radical (unpaired) electrons. The van der Waals surface area contributed by atoms with Crippen LogP contribution in [0.3, 0.4) is 0 Å². The van der Waals surface area contributed by atoms with E-state index in [1.807, 2.05) is 18.7 Å². The lowest BCUT2D eigenvalue weighted by Crippen LogP contribution is -2.51. The number of carbonyl (C=O) groups excluding carboxylic acids is 1. The second-order valence-corrected chi connectivity index (χ2v) is 8.95. The summed E-state index contributed by atoms with van der Waals surface area (Å²) in [6.45, 7) is 10.4. The van der Waals surface area contributed by atoms with Crippen molar-refractivity contribution in [3.8, 4) is 0 Å². The smallest absolute Gasteiger partial charge is 0.223 e. The maximum atomic E-state index is 12.3. The average molecular weight is 377 g/mol. The van der Waals surface area contributed by atoms with Crippen molar-refractivity contribution in [2.75, 3.05) is 71.3 Å². The Labute approximate surface area is 151 Å². The number of hydrogen-bond donors (Lipinski definition) is 1. The molecule has 146 valence electrons. The van der Waals surface area contributed by atoms with Gasteiger partial charge in [0.15, 0.2) is 0 Å². The number of nitrogens with one attached hydrogen (secondary N) is 1. The number of hydrogen-bond acceptors (Lipinski definition) is 6. The Morgan fingerprint density at radius 3 is 2.32 bits per heavy atom. The fraction of sp³-hybridized carbons (Fsp3) is 0.938. The standard InChI is InChI=1S/C16H32N4O4S/c1-15(2)24-13-14-25(22,23)20-11-9-18(10-12-20)6-3-16(21)19-7-4-17-5-8-19/h15,17H,3-14H2,1-2H3. The van der Waals surface area contributed by atoms with Gasteiger partial charge in [0.1, 0.15) is 0 Å². The zero-order valence-electron chi connectivity index (χ0n) is 15.4. The normalized spacial score (nSPS) is 21.0. The third kappa shape index (κ3) is 6.82. The molecule has 1 amide bonds. The number of rotatable bonds is 8. The van der Waals surface area contributed by atoms with E-state index >= 15 is 0 Å². The van der Waals surface area contributed by atoms with E-state index in [9.17, 15) is 13.2 Å². The van der Waals surface area contributed by atoms with Crippen molar-refractivity contribution in [2.24, 2.45) is 0 Å². The Morgan fingerprint density at radius 1 is 1.08 bits per heavy atom. The number of nitrogens with zero attached hydrogens (tertiary/aromatic N) is 3. The highest BCUT2D eigenvalue weighted by molar-refractivity contribution is 7.89. The summed E-state index contributed by atoms with van der Waals surface area (Å²) in [7, 11) is -3.25. The van der Waals surface area contributed by atoms with Crippen molar-refractivity contribution in [3.05, 3.63) is 0 Å². The Morgan fingerprint density at radius 2 is 1.72 bits per heavy atom. The molecule has 0 spiro atoms. The first kappa shape index (κ1) is 20.6. The van der Waals surface area contributed by atoms with Gasteiger partial charge in [0, 0.05) is 65.3 Å². The van der Waals surface area contributed by atoms with E-state index in [-0.39, 0.29) is 24.4 Å². The molecule has 0 unspecified atom stereocenters. The third-order valence-electron chi connectivity index (χ3n) is 4.63. The van der Waals surface area contributed by atoms with Crippen molar-refractivity contribution in [1.82, 2.24) is 19.4 Å². The van der Waals surface area contributed by atoms with E-state index in [2.05, 4.69) is 10.2 Å². The zero-order chi connectivity index (χ0) is 18.3. The van der Waals surface area contributed by atoms with Gasteiger partial charge in [0.05, 0.1) is 18.5 Å². The van der Waals surface area contributed by atoms with Crippen molar-refractivity contribution in [3.63, 3.8) is 0 Å². The van der Waals surface area contributed by atoms with Gasteiger partial charge in [-0.3, -0.25) is 4.79 Å². The van der Waals surface area contributed by atoms with Crippen LogP contribution in [0.5, 0.6) is 0 Å². The van der Waals surface area contributed by atoms with E-state index < -0.39 is 10.0 Å². The molecule has 9 heteroatoms. The summed E-state index contributed by atoms with van der Waals surface area (Å²) >= 11 is 0. The predicted octanol–water partition coefficient (Wildman–Crippen LogP) is -0.819. The lowest BCUT2D eigenvalue weighted by molar-refractivity contribution is -0.132. The maximum Gasteiger partial charge on any atom is 0.223 e. The second kappa shape index (κ2) is 9.82. The molecule has 0 atom stereocenters. The maximum absolute atomic E-state index is 12.3. The second-order valence-electron chi connectivity index (χ2n) is 6.86. The summed E-state index contributed by atoms with van der Waals surface area (Å²) in [6.07, 6.45) is 0.551. The van der Waals surface area contributed by atoms with Crippen LogP contribution in [-0.4, -0.2) is 106 Å². The highest BCUT2D eigenvalue weighted by Gasteiger charge is 2.27. The molecule has 0 saturated carbocycles. The quantitative estimate of drug-likeness (QED) is 0.596. The van der Waals surface area contributed by atoms with Gasteiger partial charge in [-0.15, -0.1) is 0 Å². The van der Waals surface area contributed by atoms with Crippen LogP contribution in [0, 0.1) is 0 Å². The minimum Gasteiger partial charge on any atom is -0.378 e. The Kier molecular flexibility index (Phi) is 8.08. The van der Waals surface area contributed by atoms with Crippen molar-refractivity contribution in [2.45, 2.75) is 26.4 Å². The monoisotopic (exact) mass is 376 g/mol. The fourth-order valence-electron chi connectivity index (χ4n) is 3.08. The number of ether oxygens (including phenoxy) is 1. The van der Waals surface area contributed by atoms with E-state index in [1.54, 1.807) is 4.31 Å². The molecule has 2 saturated heterocycles. The Hall–Kier alpha value is -0.740. The molecule has 2 heterocycles. The predicted molar refractivity (Wildman–Crippen MR) is 97.0 cm³/mol. The highest BCUT2D eigenvalue weighted by atomic mass is 32.2. The number of sulfonamides is 1. The Bertz CT molecular complexity index is 512. The number of carbonyl (C=O) groups is 1. The minimum absolute atomic E-state index is 0.0344. The molecule has 0 aromatic heterocycles. The SMILES string of the molecule is CC(C)OCCS(=O)(=O)N1CCN(CCC(=O)N2CCNCC2)CC1. The number of amides is 1. The van der Waals surface area contributed by atoms with Crippen molar-refractivity contribution in [1.29, 1.82) is 0 Å². The highest BCUT2D eigenvalue weighted by Crippen LogP contribution is 2.09. The minimum atomic E-state index is -3.25. The van der Waals surface area contributed by atoms with E-state index in [0.717, 1.165) is 26.2 Å². The molecule has 25 heavy (non-hydrogen) atoms. The van der Waals surface area contributed by atoms with Crippen LogP contribution in [-0.2, 0) is 19.6 Å². The molecule has 2 fully saturated rings. The average Bonchev–Trinajstić information content (AvgIpc) is 2.60. The fourth-order valence-corrected chi connectivity index (χ4v) is 4.36. The lowest BCUT2D eigenvalue weighted by atomic mass is 10.2. The molecule has 8 nitrogen and oxygen atoms in total. The van der Waals surface area contributed by atoms with Gasteiger partial charge in [-0.25, -0.2) is 8.42 Å². The van der Waals surface area contributed by atoms with Crippen LogP contribution in [0.2, 0.25) is 0 Å². The van der Waals surface area contributed by atoms with Gasteiger partial charge >= 0.3 is 0 Å². The van der Waals surface area contributed by atoms with Gasteiger partial charge in [-0.1, -0.05) is 0 Å². The first-order chi connectivity index (χ1) is 11.9. The van der Waals surface area contributed by atoms with Crippen molar-refractivity contribution >= 4 is 15.9 Å². The van der Waals surface area contributed by atoms with E-state index in [0.29, 0.717) is 39.1 Å². The van der Waals surface area contributed by atoms with Gasteiger partial charge in [0.2, 0.25) is 15.9 Å².